The van der Waals surface area contributed by atoms with Crippen molar-refractivity contribution in [3.05, 3.63) is 119 Å². The standard InChI is InChI=1S/C32H33N7O2/c1-32(2,3)24-13-11-23(12-14-24)30(41)35-27-10-5-9-25(26(27)20-40)29-36-28(37-31(33)38-29)18-21-7-4-8-22(17-21)19-39-16-6-15-34-39/h4-17,40H,18-20H2,1-3H3,(H,35,41)(H2,33,36,37,38). The predicted molar refractivity (Wildman–Crippen MR) is 159 cm³/mol. The van der Waals surface area contributed by atoms with E-state index in [4.69, 9.17) is 5.73 Å². The van der Waals surface area contributed by atoms with Crippen molar-refractivity contribution in [2.45, 2.75) is 45.8 Å². The van der Waals surface area contributed by atoms with Crippen LogP contribution in [0.15, 0.2) is 85.2 Å². The lowest BCUT2D eigenvalue weighted by Gasteiger charge is -2.19. The topological polar surface area (TPSA) is 132 Å². The van der Waals surface area contributed by atoms with Gasteiger partial charge in [-0.25, -0.2) is 4.98 Å². The molecule has 0 aliphatic heterocycles. The summed E-state index contributed by atoms with van der Waals surface area (Å²) in [5, 5.41) is 17.5. The van der Waals surface area contributed by atoms with Gasteiger partial charge >= 0.3 is 0 Å². The molecule has 0 aliphatic carbocycles. The van der Waals surface area contributed by atoms with Crippen LogP contribution in [0.2, 0.25) is 0 Å². The van der Waals surface area contributed by atoms with E-state index in [9.17, 15) is 9.90 Å². The van der Waals surface area contributed by atoms with E-state index in [0.29, 0.717) is 47.0 Å². The molecule has 41 heavy (non-hydrogen) atoms. The highest BCUT2D eigenvalue weighted by Crippen LogP contribution is 2.29. The summed E-state index contributed by atoms with van der Waals surface area (Å²) < 4.78 is 1.86. The second kappa shape index (κ2) is 11.7. The minimum atomic E-state index is -0.328. The second-order valence-electron chi connectivity index (χ2n) is 10.9. The van der Waals surface area contributed by atoms with Crippen molar-refractivity contribution in [3.63, 3.8) is 0 Å². The molecule has 0 saturated carbocycles. The average Bonchev–Trinajstić information content (AvgIpc) is 3.45. The minimum Gasteiger partial charge on any atom is -0.392 e. The Bertz CT molecular complexity index is 1660. The van der Waals surface area contributed by atoms with Crippen molar-refractivity contribution in [2.75, 3.05) is 11.1 Å². The Morgan fingerprint density at radius 2 is 1.71 bits per heavy atom. The Hall–Kier alpha value is -4.89. The molecule has 1 amide bonds. The van der Waals surface area contributed by atoms with Crippen LogP contribution >= 0.6 is 0 Å². The molecule has 5 aromatic rings. The summed E-state index contributed by atoms with van der Waals surface area (Å²) in [4.78, 5) is 26.5. The molecule has 0 saturated heterocycles. The summed E-state index contributed by atoms with van der Waals surface area (Å²) in [5.74, 6) is 0.633. The first-order chi connectivity index (χ1) is 19.7. The average molecular weight is 548 g/mol. The number of amides is 1. The first-order valence-corrected chi connectivity index (χ1v) is 13.4. The molecule has 4 N–H and O–H groups in total. The van der Waals surface area contributed by atoms with Crippen molar-refractivity contribution < 1.29 is 9.90 Å². The first-order valence-electron chi connectivity index (χ1n) is 13.4. The van der Waals surface area contributed by atoms with Gasteiger partial charge in [-0.1, -0.05) is 69.3 Å². The number of nitrogens with zero attached hydrogens (tertiary/aromatic N) is 5. The van der Waals surface area contributed by atoms with E-state index in [1.807, 2.05) is 47.3 Å². The van der Waals surface area contributed by atoms with Crippen molar-refractivity contribution >= 4 is 17.5 Å². The molecule has 0 atom stereocenters. The number of benzene rings is 3. The van der Waals surface area contributed by atoms with Gasteiger partial charge in [0, 0.05) is 41.2 Å². The van der Waals surface area contributed by atoms with E-state index in [1.165, 1.54) is 0 Å². The van der Waals surface area contributed by atoms with Gasteiger partial charge in [-0.2, -0.15) is 15.1 Å². The number of carbonyl (C=O) groups excluding carboxylic acids is 1. The van der Waals surface area contributed by atoms with Gasteiger partial charge in [0.1, 0.15) is 5.82 Å². The number of nitrogen functional groups attached to an aromatic ring is 1. The molecular formula is C32H33N7O2. The van der Waals surface area contributed by atoms with Gasteiger partial charge in [0.25, 0.3) is 5.91 Å². The van der Waals surface area contributed by atoms with Gasteiger partial charge < -0.3 is 16.2 Å². The summed E-state index contributed by atoms with van der Waals surface area (Å²) >= 11 is 0. The molecule has 0 bridgehead atoms. The highest BCUT2D eigenvalue weighted by atomic mass is 16.3. The molecule has 0 spiro atoms. The molecule has 208 valence electrons. The first kappa shape index (κ1) is 27.7. The molecule has 0 aliphatic rings. The van der Waals surface area contributed by atoms with Crippen LogP contribution in [-0.2, 0) is 25.0 Å². The minimum absolute atomic E-state index is 0.0122. The van der Waals surface area contributed by atoms with Gasteiger partial charge in [0.2, 0.25) is 5.95 Å². The molecule has 0 unspecified atom stereocenters. The van der Waals surface area contributed by atoms with E-state index in [0.717, 1.165) is 16.7 Å². The van der Waals surface area contributed by atoms with E-state index in [2.05, 4.69) is 52.2 Å². The van der Waals surface area contributed by atoms with E-state index in [-0.39, 0.29) is 23.9 Å². The highest BCUT2D eigenvalue weighted by molar-refractivity contribution is 6.05. The third-order valence-electron chi connectivity index (χ3n) is 6.79. The molecule has 9 nitrogen and oxygen atoms in total. The molecule has 5 rings (SSSR count). The zero-order valence-corrected chi connectivity index (χ0v) is 23.4. The van der Waals surface area contributed by atoms with Crippen LogP contribution in [0, 0.1) is 0 Å². The van der Waals surface area contributed by atoms with Crippen LogP contribution in [0.4, 0.5) is 11.6 Å². The number of nitrogens with one attached hydrogen (secondary N) is 1. The van der Waals surface area contributed by atoms with Crippen LogP contribution < -0.4 is 11.1 Å². The third kappa shape index (κ3) is 6.64. The van der Waals surface area contributed by atoms with Gasteiger partial charge in [-0.3, -0.25) is 9.48 Å². The second-order valence-corrected chi connectivity index (χ2v) is 10.9. The largest absolute Gasteiger partial charge is 0.392 e. The molecule has 3 aromatic carbocycles. The third-order valence-corrected chi connectivity index (χ3v) is 6.79. The maximum atomic E-state index is 13.1. The molecule has 0 fully saturated rings. The lowest BCUT2D eigenvalue weighted by atomic mass is 9.86. The Morgan fingerprint density at radius 1 is 0.951 bits per heavy atom. The molecule has 9 heteroatoms. The number of hydrogen-bond acceptors (Lipinski definition) is 7. The van der Waals surface area contributed by atoms with Crippen LogP contribution in [-0.4, -0.2) is 35.7 Å². The fraction of sp³-hybridized carbons (Fsp3) is 0.219. The molecular weight excluding hydrogens is 514 g/mol. The molecule has 2 heterocycles. The molecule has 2 aromatic heterocycles. The monoisotopic (exact) mass is 547 g/mol. The van der Waals surface area contributed by atoms with E-state index < -0.39 is 0 Å². The van der Waals surface area contributed by atoms with Gasteiger partial charge in [-0.05, 0) is 46.4 Å². The number of aromatic nitrogens is 5. The van der Waals surface area contributed by atoms with Crippen molar-refractivity contribution in [2.24, 2.45) is 0 Å². The van der Waals surface area contributed by atoms with Crippen LogP contribution in [0.5, 0.6) is 0 Å². The predicted octanol–water partition coefficient (Wildman–Crippen LogP) is 5.00. The van der Waals surface area contributed by atoms with Crippen molar-refractivity contribution in [3.8, 4) is 11.4 Å². The maximum absolute atomic E-state index is 13.1. The van der Waals surface area contributed by atoms with Gasteiger partial charge in [-0.15, -0.1) is 0 Å². The number of aliphatic hydroxyl groups is 1. The van der Waals surface area contributed by atoms with Crippen molar-refractivity contribution in [1.29, 1.82) is 0 Å². The van der Waals surface area contributed by atoms with E-state index >= 15 is 0 Å². The Labute approximate surface area is 239 Å². The van der Waals surface area contributed by atoms with Crippen molar-refractivity contribution in [1.82, 2.24) is 24.7 Å². The van der Waals surface area contributed by atoms with Gasteiger partial charge in [0.15, 0.2) is 5.82 Å². The number of rotatable bonds is 8. The number of anilines is 2. The van der Waals surface area contributed by atoms with Gasteiger partial charge in [0.05, 0.1) is 13.2 Å². The zero-order valence-electron chi connectivity index (χ0n) is 23.4. The zero-order chi connectivity index (χ0) is 29.0. The fourth-order valence-electron chi connectivity index (χ4n) is 4.64. The summed E-state index contributed by atoms with van der Waals surface area (Å²) in [6.45, 7) is 6.71. The summed E-state index contributed by atoms with van der Waals surface area (Å²) in [7, 11) is 0. The maximum Gasteiger partial charge on any atom is 0.255 e. The Kier molecular flexibility index (Phi) is 7.89. The SMILES string of the molecule is CC(C)(C)c1ccc(C(=O)Nc2cccc(-c3nc(N)nc(Cc4cccc(Cn5cccn5)c4)n3)c2CO)cc1. The van der Waals surface area contributed by atoms with Crippen LogP contribution in [0.1, 0.15) is 59.2 Å². The quantitative estimate of drug-likeness (QED) is 0.249. The lowest BCUT2D eigenvalue weighted by Crippen LogP contribution is -2.15. The lowest BCUT2D eigenvalue weighted by molar-refractivity contribution is 0.102. The Morgan fingerprint density at radius 3 is 2.41 bits per heavy atom. The smallest absolute Gasteiger partial charge is 0.255 e. The van der Waals surface area contributed by atoms with E-state index in [1.54, 1.807) is 36.5 Å². The number of hydrogen-bond donors (Lipinski definition) is 3. The van der Waals surface area contributed by atoms with Crippen LogP contribution in [0.3, 0.4) is 0 Å². The summed E-state index contributed by atoms with van der Waals surface area (Å²) in [6, 6.07) is 22.9. The number of aliphatic hydroxyl groups excluding tert-OH is 1. The Balaban J connectivity index is 1.39. The summed E-state index contributed by atoms with van der Waals surface area (Å²) in [5.41, 5.74) is 11.4. The molecule has 0 radical (unpaired) electrons. The fourth-order valence-corrected chi connectivity index (χ4v) is 4.64. The number of carbonyl (C=O) groups is 1. The highest BCUT2D eigenvalue weighted by Gasteiger charge is 2.18. The normalized spacial score (nSPS) is 11.4. The summed E-state index contributed by atoms with van der Waals surface area (Å²) in [6.07, 6.45) is 4.12. The van der Waals surface area contributed by atoms with Crippen LogP contribution in [0.25, 0.3) is 11.4 Å². The number of nitrogens with two attached hydrogens (primary N) is 1.